The molecule has 26 heavy (non-hydrogen) atoms. The highest BCUT2D eigenvalue weighted by molar-refractivity contribution is 5.92. The van der Waals surface area contributed by atoms with Crippen molar-refractivity contribution in [2.24, 2.45) is 0 Å². The number of carbonyl (C=O) groups is 1. The standard InChI is InChI=1S/C18H21N7O/c26-18(14-7-12-25-15(20-14)4-8-19-25)23-10-5-13(6-11-23)17-22-21-16-3-1-2-9-24(16)17/h4,7-8,12-13H,1-3,5-6,9-11H2. The number of aryl methyl sites for hydroxylation is 1. The number of nitrogens with zero attached hydrogens (tertiary/aromatic N) is 7. The number of carbonyl (C=O) groups excluding carboxylic acids is 1. The van der Waals surface area contributed by atoms with Crippen molar-refractivity contribution in [2.45, 2.75) is 44.6 Å². The zero-order chi connectivity index (χ0) is 17.5. The molecule has 8 nitrogen and oxygen atoms in total. The van der Waals surface area contributed by atoms with E-state index in [9.17, 15) is 4.79 Å². The fourth-order valence-electron chi connectivity index (χ4n) is 4.07. The number of likely N-dealkylation sites (tertiary alicyclic amines) is 1. The summed E-state index contributed by atoms with van der Waals surface area (Å²) >= 11 is 0. The second kappa shape index (κ2) is 6.19. The van der Waals surface area contributed by atoms with Crippen LogP contribution in [-0.4, -0.2) is 53.3 Å². The summed E-state index contributed by atoms with van der Waals surface area (Å²) in [4.78, 5) is 19.1. The van der Waals surface area contributed by atoms with Crippen molar-refractivity contribution >= 4 is 11.6 Å². The maximum atomic E-state index is 12.8. The first-order valence-electron chi connectivity index (χ1n) is 9.31. The third-order valence-corrected chi connectivity index (χ3v) is 5.51. The van der Waals surface area contributed by atoms with Crippen LogP contribution in [0.1, 0.15) is 53.7 Å². The van der Waals surface area contributed by atoms with Crippen molar-refractivity contribution in [3.8, 4) is 0 Å². The molecule has 1 fully saturated rings. The zero-order valence-corrected chi connectivity index (χ0v) is 14.6. The molecule has 0 bridgehead atoms. The minimum atomic E-state index is -0.00424. The van der Waals surface area contributed by atoms with E-state index in [-0.39, 0.29) is 5.91 Å². The second-order valence-electron chi connectivity index (χ2n) is 7.10. The van der Waals surface area contributed by atoms with Crippen LogP contribution in [0.25, 0.3) is 5.65 Å². The summed E-state index contributed by atoms with van der Waals surface area (Å²) in [5.74, 6) is 2.63. The summed E-state index contributed by atoms with van der Waals surface area (Å²) < 4.78 is 3.97. The lowest BCUT2D eigenvalue weighted by molar-refractivity contribution is 0.0704. The Morgan fingerprint density at radius 3 is 2.85 bits per heavy atom. The molecular formula is C18H21N7O. The van der Waals surface area contributed by atoms with E-state index >= 15 is 0 Å². The van der Waals surface area contributed by atoms with Gasteiger partial charge in [-0.1, -0.05) is 0 Å². The van der Waals surface area contributed by atoms with Gasteiger partial charge in [0.2, 0.25) is 0 Å². The molecule has 2 aliphatic heterocycles. The molecular weight excluding hydrogens is 330 g/mol. The third kappa shape index (κ3) is 2.56. The number of hydrogen-bond acceptors (Lipinski definition) is 5. The van der Waals surface area contributed by atoms with Crippen LogP contribution in [0.15, 0.2) is 24.5 Å². The minimum absolute atomic E-state index is 0.00424. The average Bonchev–Trinajstić information content (AvgIpc) is 3.34. The molecule has 0 saturated carbocycles. The molecule has 0 unspecified atom stereocenters. The summed E-state index contributed by atoms with van der Waals surface area (Å²) in [5, 5.41) is 13.0. The molecule has 0 aromatic carbocycles. The van der Waals surface area contributed by atoms with Crippen LogP contribution < -0.4 is 0 Å². The molecule has 5 heterocycles. The molecule has 1 saturated heterocycles. The van der Waals surface area contributed by atoms with Gasteiger partial charge in [-0.3, -0.25) is 4.79 Å². The van der Waals surface area contributed by atoms with Gasteiger partial charge in [0.15, 0.2) is 5.65 Å². The topological polar surface area (TPSA) is 81.2 Å². The van der Waals surface area contributed by atoms with Crippen LogP contribution in [0, 0.1) is 0 Å². The highest BCUT2D eigenvalue weighted by Gasteiger charge is 2.29. The van der Waals surface area contributed by atoms with Crippen LogP contribution in [-0.2, 0) is 13.0 Å². The molecule has 0 spiro atoms. The maximum absolute atomic E-state index is 12.8. The molecule has 5 rings (SSSR count). The van der Waals surface area contributed by atoms with E-state index in [0.29, 0.717) is 17.3 Å². The van der Waals surface area contributed by atoms with Crippen LogP contribution >= 0.6 is 0 Å². The van der Waals surface area contributed by atoms with Gasteiger partial charge in [0, 0.05) is 44.2 Å². The molecule has 3 aromatic rings. The summed E-state index contributed by atoms with van der Waals surface area (Å²) in [6.45, 7) is 2.50. The molecule has 3 aromatic heterocycles. The van der Waals surface area contributed by atoms with Crippen molar-refractivity contribution in [1.82, 2.24) is 34.3 Å². The largest absolute Gasteiger partial charge is 0.337 e. The smallest absolute Gasteiger partial charge is 0.272 e. The van der Waals surface area contributed by atoms with Crippen molar-refractivity contribution in [3.63, 3.8) is 0 Å². The number of hydrogen-bond donors (Lipinski definition) is 0. The van der Waals surface area contributed by atoms with E-state index < -0.39 is 0 Å². The normalized spacial score (nSPS) is 18.2. The van der Waals surface area contributed by atoms with Gasteiger partial charge in [0.05, 0.1) is 6.20 Å². The average molecular weight is 351 g/mol. The lowest BCUT2D eigenvalue weighted by Crippen LogP contribution is -2.39. The second-order valence-corrected chi connectivity index (χ2v) is 7.10. The summed E-state index contributed by atoms with van der Waals surface area (Å²) in [6.07, 6.45) is 8.77. The van der Waals surface area contributed by atoms with Crippen molar-refractivity contribution in [2.75, 3.05) is 13.1 Å². The van der Waals surface area contributed by atoms with Gasteiger partial charge in [-0.25, -0.2) is 9.50 Å². The first-order chi connectivity index (χ1) is 12.8. The van der Waals surface area contributed by atoms with Gasteiger partial charge in [0.1, 0.15) is 17.3 Å². The van der Waals surface area contributed by atoms with Gasteiger partial charge in [-0.2, -0.15) is 5.10 Å². The van der Waals surface area contributed by atoms with E-state index in [4.69, 9.17) is 0 Å². The molecule has 0 atom stereocenters. The van der Waals surface area contributed by atoms with Gasteiger partial charge < -0.3 is 9.47 Å². The van der Waals surface area contributed by atoms with Crippen molar-refractivity contribution in [3.05, 3.63) is 41.9 Å². The molecule has 2 aliphatic rings. The number of fused-ring (bicyclic) bond motifs is 2. The number of aromatic nitrogens is 6. The first kappa shape index (κ1) is 15.5. The Kier molecular flexibility index (Phi) is 3.69. The zero-order valence-electron chi connectivity index (χ0n) is 14.6. The number of piperidine rings is 1. The Balaban J connectivity index is 1.29. The molecule has 1 amide bonds. The first-order valence-corrected chi connectivity index (χ1v) is 9.31. The van der Waals surface area contributed by atoms with Crippen LogP contribution in [0.3, 0.4) is 0 Å². The van der Waals surface area contributed by atoms with Gasteiger partial charge in [-0.05, 0) is 31.7 Å². The predicted molar refractivity (Wildman–Crippen MR) is 93.8 cm³/mol. The Labute approximate surface area is 150 Å². The fourth-order valence-corrected chi connectivity index (χ4v) is 4.07. The molecule has 134 valence electrons. The van der Waals surface area contributed by atoms with E-state index in [1.54, 1.807) is 29.0 Å². The summed E-state index contributed by atoms with van der Waals surface area (Å²) in [6, 6.07) is 3.54. The fraction of sp³-hybridized carbons (Fsp3) is 0.500. The number of amides is 1. The third-order valence-electron chi connectivity index (χ3n) is 5.51. The molecule has 8 heteroatoms. The Morgan fingerprint density at radius 1 is 1.08 bits per heavy atom. The molecule has 0 N–H and O–H groups in total. The Bertz CT molecular complexity index is 952. The van der Waals surface area contributed by atoms with E-state index in [0.717, 1.165) is 50.5 Å². The van der Waals surface area contributed by atoms with Crippen molar-refractivity contribution < 1.29 is 4.79 Å². The van der Waals surface area contributed by atoms with Crippen LogP contribution in [0.5, 0.6) is 0 Å². The highest BCUT2D eigenvalue weighted by Crippen LogP contribution is 2.29. The highest BCUT2D eigenvalue weighted by atomic mass is 16.2. The minimum Gasteiger partial charge on any atom is -0.337 e. The van der Waals surface area contributed by atoms with Gasteiger partial charge in [0.25, 0.3) is 5.91 Å². The summed E-state index contributed by atoms with van der Waals surface area (Å²) in [7, 11) is 0. The predicted octanol–water partition coefficient (Wildman–Crippen LogP) is 1.68. The number of rotatable bonds is 2. The lowest BCUT2D eigenvalue weighted by atomic mass is 9.95. The monoisotopic (exact) mass is 351 g/mol. The molecule has 0 aliphatic carbocycles. The SMILES string of the molecule is O=C(c1ccn2nccc2n1)N1CCC(c2nnc3n2CCCC3)CC1. The van der Waals surface area contributed by atoms with Crippen LogP contribution in [0.2, 0.25) is 0 Å². The Morgan fingerprint density at radius 2 is 1.96 bits per heavy atom. The van der Waals surface area contributed by atoms with Gasteiger partial charge >= 0.3 is 0 Å². The van der Waals surface area contributed by atoms with E-state index in [2.05, 4.69) is 24.8 Å². The molecule has 0 radical (unpaired) electrons. The van der Waals surface area contributed by atoms with E-state index in [1.165, 1.54) is 12.8 Å². The summed E-state index contributed by atoms with van der Waals surface area (Å²) in [5.41, 5.74) is 1.18. The maximum Gasteiger partial charge on any atom is 0.272 e. The van der Waals surface area contributed by atoms with Crippen molar-refractivity contribution in [1.29, 1.82) is 0 Å². The lowest BCUT2D eigenvalue weighted by Gasteiger charge is -2.31. The Hall–Kier alpha value is -2.77. The van der Waals surface area contributed by atoms with Gasteiger partial charge in [-0.15, -0.1) is 10.2 Å². The van der Waals surface area contributed by atoms with E-state index in [1.807, 2.05) is 4.90 Å². The quantitative estimate of drug-likeness (QED) is 0.702. The van der Waals surface area contributed by atoms with Crippen LogP contribution in [0.4, 0.5) is 0 Å².